The zero-order valence-electron chi connectivity index (χ0n) is 25.0. The van der Waals surface area contributed by atoms with Gasteiger partial charge in [0.15, 0.2) is 5.82 Å². The number of rotatable bonds is 6. The maximum absolute atomic E-state index is 14.8. The number of aromatic amines is 1. The van der Waals surface area contributed by atoms with Crippen LogP contribution < -0.4 is 10.2 Å². The molecule has 2 aliphatic heterocycles. The van der Waals surface area contributed by atoms with Crippen LogP contribution in [0.1, 0.15) is 66.7 Å². The zero-order valence-corrected chi connectivity index (χ0v) is 25.0. The lowest BCUT2D eigenvalue weighted by molar-refractivity contribution is 0.132. The Balaban J connectivity index is 0.00000158. The van der Waals surface area contributed by atoms with Crippen LogP contribution in [0.2, 0.25) is 0 Å². The summed E-state index contributed by atoms with van der Waals surface area (Å²) >= 11 is 0. The second-order valence-electron chi connectivity index (χ2n) is 12.5. The molecule has 3 fully saturated rings. The third-order valence-corrected chi connectivity index (χ3v) is 8.64. The van der Waals surface area contributed by atoms with Gasteiger partial charge >= 0.3 is 6.03 Å². The second kappa shape index (κ2) is 10.3. The van der Waals surface area contributed by atoms with Gasteiger partial charge in [0.05, 0.1) is 40.6 Å². The van der Waals surface area contributed by atoms with Gasteiger partial charge in [-0.05, 0) is 73.0 Å². The van der Waals surface area contributed by atoms with Crippen molar-refractivity contribution >= 4 is 28.4 Å². The van der Waals surface area contributed by atoms with Crippen molar-refractivity contribution in [3.63, 3.8) is 0 Å². The van der Waals surface area contributed by atoms with Crippen molar-refractivity contribution in [2.45, 2.75) is 90.0 Å². The molecule has 2 amide bonds. The molecule has 3 aromatic heterocycles. The first-order valence-electron chi connectivity index (χ1n) is 14.6. The number of anilines is 2. The standard InChI is InChI=1S/C27H38FN9O.C2H6/c1-25(2,28)15-37-21-12-19(29-13-18(21)23(33-37)35-16-26(3,17-35)34(4)5)22-20(14-30-32-22)31-24(38)36-11-7-6-8-27(36)9-10-27;1-2/h12-14H,6-11,15-17H2,1-5H3,(H,30,32)(H,31,38);1-2H3. The summed E-state index contributed by atoms with van der Waals surface area (Å²) in [7, 11) is 4.17. The molecule has 218 valence electrons. The van der Waals surface area contributed by atoms with Crippen LogP contribution in [-0.4, -0.2) is 91.3 Å². The molecule has 1 saturated carbocycles. The van der Waals surface area contributed by atoms with Crippen molar-refractivity contribution in [2.75, 3.05) is 43.9 Å². The van der Waals surface area contributed by atoms with E-state index in [9.17, 15) is 9.18 Å². The summed E-state index contributed by atoms with van der Waals surface area (Å²) in [5, 5.41) is 16.0. The number of carbonyl (C=O) groups is 1. The van der Waals surface area contributed by atoms with Crippen molar-refractivity contribution < 1.29 is 9.18 Å². The Morgan fingerprint density at radius 1 is 1.18 bits per heavy atom. The number of amides is 2. The molecule has 3 aliphatic rings. The molecule has 10 nitrogen and oxygen atoms in total. The van der Waals surface area contributed by atoms with Gasteiger partial charge in [0.2, 0.25) is 0 Å². The molecule has 0 radical (unpaired) electrons. The van der Waals surface area contributed by atoms with E-state index in [0.717, 1.165) is 62.0 Å². The van der Waals surface area contributed by atoms with Crippen LogP contribution in [0.5, 0.6) is 0 Å². The van der Waals surface area contributed by atoms with Gasteiger partial charge < -0.3 is 20.0 Å². The number of aromatic nitrogens is 5. The van der Waals surface area contributed by atoms with E-state index in [1.165, 1.54) is 6.42 Å². The predicted octanol–water partition coefficient (Wildman–Crippen LogP) is 5.29. The molecule has 0 aromatic carbocycles. The van der Waals surface area contributed by atoms with E-state index >= 15 is 0 Å². The Labute approximate surface area is 236 Å². The fraction of sp³-hybridized carbons (Fsp3) is 0.655. The summed E-state index contributed by atoms with van der Waals surface area (Å²) in [5.41, 5.74) is 1.31. The van der Waals surface area contributed by atoms with Crippen molar-refractivity contribution in [2.24, 2.45) is 0 Å². The minimum Gasteiger partial charge on any atom is -0.351 e. The van der Waals surface area contributed by atoms with Crippen LogP contribution in [0.25, 0.3) is 22.3 Å². The first-order valence-corrected chi connectivity index (χ1v) is 14.6. The number of fused-ring (bicyclic) bond motifs is 1. The number of pyridine rings is 1. The van der Waals surface area contributed by atoms with Crippen LogP contribution in [-0.2, 0) is 6.54 Å². The summed E-state index contributed by atoms with van der Waals surface area (Å²) in [5.74, 6) is 0.820. The SMILES string of the molecule is CC.CN(C)C1(C)CN(c2nn(CC(C)(C)F)c3cc(-c4[nH]ncc4NC(=O)N4CCCCC45CC5)ncc23)C1. The van der Waals surface area contributed by atoms with Gasteiger partial charge in [-0.25, -0.2) is 9.18 Å². The fourth-order valence-corrected chi connectivity index (χ4v) is 5.94. The average molecular weight is 554 g/mol. The molecule has 1 spiro atoms. The molecule has 2 saturated heterocycles. The highest BCUT2D eigenvalue weighted by molar-refractivity contribution is 5.96. The smallest absolute Gasteiger partial charge is 0.322 e. The number of hydrogen-bond donors (Lipinski definition) is 2. The number of piperidine rings is 1. The third-order valence-electron chi connectivity index (χ3n) is 8.64. The molecule has 0 bridgehead atoms. The van der Waals surface area contributed by atoms with E-state index in [1.54, 1.807) is 30.9 Å². The van der Waals surface area contributed by atoms with E-state index in [0.29, 0.717) is 17.1 Å². The molecule has 0 unspecified atom stereocenters. The summed E-state index contributed by atoms with van der Waals surface area (Å²) < 4.78 is 16.5. The van der Waals surface area contributed by atoms with E-state index < -0.39 is 5.67 Å². The van der Waals surface area contributed by atoms with E-state index in [1.807, 2.05) is 24.8 Å². The topological polar surface area (TPSA) is 98.2 Å². The Morgan fingerprint density at radius 2 is 1.90 bits per heavy atom. The lowest BCUT2D eigenvalue weighted by Crippen LogP contribution is -2.67. The molecule has 1 aliphatic carbocycles. The van der Waals surface area contributed by atoms with Gasteiger partial charge in [-0.1, -0.05) is 13.8 Å². The second-order valence-corrected chi connectivity index (χ2v) is 12.5. The number of alkyl halides is 1. The Hall–Kier alpha value is -3.21. The Morgan fingerprint density at radius 3 is 2.55 bits per heavy atom. The summed E-state index contributed by atoms with van der Waals surface area (Å²) in [4.78, 5) is 24.4. The summed E-state index contributed by atoms with van der Waals surface area (Å²) in [6, 6.07) is 1.83. The number of urea groups is 1. The molecule has 5 heterocycles. The van der Waals surface area contributed by atoms with Gasteiger partial charge in [-0.15, -0.1) is 0 Å². The number of halogens is 1. The normalized spacial score (nSPS) is 19.4. The molecule has 11 heteroatoms. The first kappa shape index (κ1) is 28.3. The van der Waals surface area contributed by atoms with E-state index in [-0.39, 0.29) is 23.7 Å². The highest BCUT2D eigenvalue weighted by Crippen LogP contribution is 2.48. The quantitative estimate of drug-likeness (QED) is 0.431. The number of nitrogens with zero attached hydrogens (tertiary/aromatic N) is 7. The molecule has 40 heavy (non-hydrogen) atoms. The molecule has 6 rings (SSSR count). The molecule has 2 N–H and O–H groups in total. The number of likely N-dealkylation sites (N-methyl/N-ethyl adjacent to an activating group) is 1. The van der Waals surface area contributed by atoms with Gasteiger partial charge in [0, 0.05) is 31.4 Å². The highest BCUT2D eigenvalue weighted by atomic mass is 19.1. The molecule has 0 atom stereocenters. The van der Waals surface area contributed by atoms with Gasteiger partial charge in [-0.3, -0.25) is 14.8 Å². The molecular weight excluding hydrogens is 509 g/mol. The number of nitrogens with one attached hydrogen (secondary N) is 2. The van der Waals surface area contributed by atoms with Crippen molar-refractivity contribution in [3.05, 3.63) is 18.5 Å². The number of H-pyrrole nitrogens is 1. The molecular formula is C29H44FN9O. The predicted molar refractivity (Wildman–Crippen MR) is 157 cm³/mol. The monoisotopic (exact) mass is 553 g/mol. The lowest BCUT2D eigenvalue weighted by atomic mass is 9.91. The summed E-state index contributed by atoms with van der Waals surface area (Å²) in [6.07, 6.45) is 8.89. The number of carbonyl (C=O) groups excluding carboxylic acids is 1. The third kappa shape index (κ3) is 5.15. The van der Waals surface area contributed by atoms with Crippen molar-refractivity contribution in [1.29, 1.82) is 0 Å². The maximum Gasteiger partial charge on any atom is 0.322 e. The van der Waals surface area contributed by atoms with Crippen molar-refractivity contribution in [3.8, 4) is 11.4 Å². The Bertz CT molecular complexity index is 1360. The van der Waals surface area contributed by atoms with Crippen LogP contribution >= 0.6 is 0 Å². The summed E-state index contributed by atoms with van der Waals surface area (Å²) in [6.45, 7) is 11.9. The molecule has 3 aromatic rings. The van der Waals surface area contributed by atoms with E-state index in [4.69, 9.17) is 10.1 Å². The lowest BCUT2D eigenvalue weighted by Gasteiger charge is -2.52. The number of likely N-dealkylation sites (tertiary alicyclic amines) is 1. The van der Waals surface area contributed by atoms with Gasteiger partial charge in [-0.2, -0.15) is 10.2 Å². The van der Waals surface area contributed by atoms with E-state index in [2.05, 4.69) is 46.3 Å². The maximum atomic E-state index is 14.8. The minimum atomic E-state index is -1.44. The van der Waals surface area contributed by atoms with Gasteiger partial charge in [0.25, 0.3) is 0 Å². The van der Waals surface area contributed by atoms with Gasteiger partial charge in [0.1, 0.15) is 11.4 Å². The Kier molecular flexibility index (Phi) is 7.31. The highest BCUT2D eigenvalue weighted by Gasteiger charge is 2.51. The van der Waals surface area contributed by atoms with Crippen LogP contribution in [0.15, 0.2) is 18.5 Å². The van der Waals surface area contributed by atoms with Crippen molar-refractivity contribution in [1.82, 2.24) is 34.8 Å². The fourth-order valence-electron chi connectivity index (χ4n) is 5.94. The number of hydrogen-bond acceptors (Lipinski definition) is 6. The minimum absolute atomic E-state index is 0.0466. The first-order chi connectivity index (χ1) is 19.0. The van der Waals surface area contributed by atoms with Crippen LogP contribution in [0.4, 0.5) is 20.7 Å². The average Bonchev–Trinajstić information content (AvgIpc) is 3.35. The van der Waals surface area contributed by atoms with Crippen LogP contribution in [0, 0.1) is 0 Å². The zero-order chi connectivity index (χ0) is 28.9. The van der Waals surface area contributed by atoms with Crippen LogP contribution in [0.3, 0.4) is 0 Å². The largest absolute Gasteiger partial charge is 0.351 e.